The van der Waals surface area contributed by atoms with Crippen molar-refractivity contribution in [2.45, 2.75) is 32.9 Å². The Hall–Kier alpha value is -0.390. The summed E-state index contributed by atoms with van der Waals surface area (Å²) < 4.78 is 8.38. The molecule has 0 aromatic carbocycles. The Balaban J connectivity index is 2.58. The van der Waals surface area contributed by atoms with E-state index in [-0.39, 0.29) is 5.54 Å². The average Bonchev–Trinajstić information content (AvgIpc) is 2.29. The molecule has 1 aromatic rings. The lowest BCUT2D eigenvalue weighted by Gasteiger charge is -2.18. The van der Waals surface area contributed by atoms with Gasteiger partial charge in [-0.05, 0) is 36.7 Å². The molecule has 0 saturated carbocycles. The van der Waals surface area contributed by atoms with E-state index in [0.29, 0.717) is 13.2 Å². The van der Waals surface area contributed by atoms with Gasteiger partial charge in [-0.2, -0.15) is 5.10 Å². The van der Waals surface area contributed by atoms with Crippen LogP contribution in [0.5, 0.6) is 0 Å². The van der Waals surface area contributed by atoms with Gasteiger partial charge >= 0.3 is 0 Å². The van der Waals surface area contributed by atoms with Gasteiger partial charge in [0, 0.05) is 12.6 Å². The first kappa shape index (κ1) is 12.7. The Morgan fingerprint density at radius 3 is 2.53 bits per heavy atom. The number of hydrogen-bond donors (Lipinski definition) is 1. The van der Waals surface area contributed by atoms with Crippen LogP contribution in [0.3, 0.4) is 0 Å². The van der Waals surface area contributed by atoms with Crippen molar-refractivity contribution in [3.63, 3.8) is 0 Å². The number of hydrogen-bond acceptors (Lipinski definition) is 3. The SMILES string of the molecule is Cc1nn(C)c(COCC(C)(C)N)c1Br. The van der Waals surface area contributed by atoms with E-state index >= 15 is 0 Å². The number of rotatable bonds is 4. The van der Waals surface area contributed by atoms with Gasteiger partial charge < -0.3 is 10.5 Å². The van der Waals surface area contributed by atoms with E-state index in [2.05, 4.69) is 21.0 Å². The van der Waals surface area contributed by atoms with E-state index in [1.54, 1.807) is 0 Å². The summed E-state index contributed by atoms with van der Waals surface area (Å²) >= 11 is 3.49. The maximum Gasteiger partial charge on any atom is 0.0897 e. The molecule has 1 rings (SSSR count). The second-order valence-electron chi connectivity index (χ2n) is 4.45. The van der Waals surface area contributed by atoms with E-state index in [0.717, 1.165) is 15.9 Å². The molecule has 0 unspecified atom stereocenters. The summed E-state index contributed by atoms with van der Waals surface area (Å²) in [5.74, 6) is 0. The molecule has 0 aliphatic carbocycles. The molecule has 15 heavy (non-hydrogen) atoms. The fraction of sp³-hybridized carbons (Fsp3) is 0.700. The number of nitrogens with two attached hydrogens (primary N) is 1. The summed E-state index contributed by atoms with van der Waals surface area (Å²) in [4.78, 5) is 0. The zero-order chi connectivity index (χ0) is 11.6. The third kappa shape index (κ3) is 3.59. The van der Waals surface area contributed by atoms with Gasteiger partial charge in [-0.15, -0.1) is 0 Å². The summed E-state index contributed by atoms with van der Waals surface area (Å²) in [6.07, 6.45) is 0. The largest absolute Gasteiger partial charge is 0.373 e. The lowest BCUT2D eigenvalue weighted by molar-refractivity contribution is 0.0806. The normalized spacial score (nSPS) is 12.1. The van der Waals surface area contributed by atoms with Crippen molar-refractivity contribution in [3.8, 4) is 0 Å². The van der Waals surface area contributed by atoms with E-state index in [9.17, 15) is 0 Å². The predicted molar refractivity (Wildman–Crippen MR) is 63.6 cm³/mol. The maximum atomic E-state index is 5.82. The van der Waals surface area contributed by atoms with Crippen molar-refractivity contribution in [2.24, 2.45) is 12.8 Å². The Labute approximate surface area is 98.9 Å². The third-order valence-corrected chi connectivity index (χ3v) is 3.01. The number of aryl methyl sites for hydroxylation is 2. The first-order chi connectivity index (χ1) is 6.81. The van der Waals surface area contributed by atoms with Gasteiger partial charge in [-0.1, -0.05) is 0 Å². The second-order valence-corrected chi connectivity index (χ2v) is 5.24. The summed E-state index contributed by atoms with van der Waals surface area (Å²) in [6, 6.07) is 0. The maximum absolute atomic E-state index is 5.82. The van der Waals surface area contributed by atoms with Gasteiger partial charge in [0.1, 0.15) is 0 Å². The van der Waals surface area contributed by atoms with Gasteiger partial charge in [-0.3, -0.25) is 4.68 Å². The summed E-state index contributed by atoms with van der Waals surface area (Å²) in [5.41, 5.74) is 7.54. The molecule has 2 N–H and O–H groups in total. The van der Waals surface area contributed by atoms with Crippen molar-refractivity contribution in [3.05, 3.63) is 15.9 Å². The molecule has 86 valence electrons. The minimum absolute atomic E-state index is 0.292. The van der Waals surface area contributed by atoms with Crippen molar-refractivity contribution < 1.29 is 4.74 Å². The number of aromatic nitrogens is 2. The van der Waals surface area contributed by atoms with Gasteiger partial charge in [-0.25, -0.2) is 0 Å². The fourth-order valence-corrected chi connectivity index (χ4v) is 1.70. The smallest absolute Gasteiger partial charge is 0.0897 e. The standard InChI is InChI=1S/C10H18BrN3O/c1-7-9(11)8(14(4)13-7)5-15-6-10(2,3)12/h5-6,12H2,1-4H3. The molecule has 0 bridgehead atoms. The highest BCUT2D eigenvalue weighted by molar-refractivity contribution is 9.10. The van der Waals surface area contributed by atoms with Crippen LogP contribution in [0, 0.1) is 6.92 Å². The van der Waals surface area contributed by atoms with E-state index in [1.165, 1.54) is 0 Å². The Kier molecular flexibility index (Phi) is 3.92. The fourth-order valence-electron chi connectivity index (χ4n) is 1.25. The highest BCUT2D eigenvalue weighted by Crippen LogP contribution is 2.20. The molecular weight excluding hydrogens is 258 g/mol. The van der Waals surface area contributed by atoms with E-state index in [4.69, 9.17) is 10.5 Å². The number of ether oxygens (including phenoxy) is 1. The van der Waals surface area contributed by atoms with Crippen LogP contribution in [0.4, 0.5) is 0 Å². The molecule has 0 aliphatic heterocycles. The summed E-state index contributed by atoms with van der Waals surface area (Å²) in [6.45, 7) is 6.90. The number of nitrogens with zero attached hydrogens (tertiary/aromatic N) is 2. The van der Waals surface area contributed by atoms with Crippen LogP contribution in [-0.2, 0) is 18.4 Å². The highest BCUT2D eigenvalue weighted by Gasteiger charge is 2.14. The molecule has 4 nitrogen and oxygen atoms in total. The van der Waals surface area contributed by atoms with Crippen molar-refractivity contribution in [1.29, 1.82) is 0 Å². The van der Waals surface area contributed by atoms with Crippen LogP contribution >= 0.6 is 15.9 Å². The molecule has 0 atom stereocenters. The van der Waals surface area contributed by atoms with E-state index in [1.807, 2.05) is 32.5 Å². The quantitative estimate of drug-likeness (QED) is 0.911. The van der Waals surface area contributed by atoms with Gasteiger partial charge in [0.15, 0.2) is 0 Å². The average molecular weight is 276 g/mol. The minimum Gasteiger partial charge on any atom is -0.373 e. The second kappa shape index (κ2) is 4.63. The van der Waals surface area contributed by atoms with Gasteiger partial charge in [0.2, 0.25) is 0 Å². The molecule has 0 fully saturated rings. The zero-order valence-electron chi connectivity index (χ0n) is 9.67. The van der Waals surface area contributed by atoms with Crippen LogP contribution < -0.4 is 5.73 Å². The Morgan fingerprint density at radius 1 is 1.53 bits per heavy atom. The number of halogens is 1. The molecule has 0 aliphatic rings. The first-order valence-corrected chi connectivity index (χ1v) is 5.65. The summed E-state index contributed by atoms with van der Waals surface area (Å²) in [7, 11) is 1.91. The summed E-state index contributed by atoms with van der Waals surface area (Å²) in [5, 5.41) is 4.28. The third-order valence-electron chi connectivity index (χ3n) is 1.97. The molecule has 1 heterocycles. The minimum atomic E-state index is -0.292. The van der Waals surface area contributed by atoms with E-state index < -0.39 is 0 Å². The monoisotopic (exact) mass is 275 g/mol. The highest BCUT2D eigenvalue weighted by atomic mass is 79.9. The predicted octanol–water partition coefficient (Wildman–Crippen LogP) is 1.74. The van der Waals surface area contributed by atoms with Crippen LogP contribution in [0.1, 0.15) is 25.2 Å². The van der Waals surface area contributed by atoms with Crippen LogP contribution in [0.15, 0.2) is 4.47 Å². The molecule has 0 amide bonds. The van der Waals surface area contributed by atoms with Crippen LogP contribution in [0.25, 0.3) is 0 Å². The van der Waals surface area contributed by atoms with Crippen molar-refractivity contribution in [2.75, 3.05) is 6.61 Å². The lowest BCUT2D eigenvalue weighted by Crippen LogP contribution is -2.37. The van der Waals surface area contributed by atoms with Gasteiger partial charge in [0.25, 0.3) is 0 Å². The Morgan fingerprint density at radius 2 is 2.13 bits per heavy atom. The molecule has 0 radical (unpaired) electrons. The van der Waals surface area contributed by atoms with Crippen molar-refractivity contribution in [1.82, 2.24) is 9.78 Å². The molecule has 0 spiro atoms. The topological polar surface area (TPSA) is 53.1 Å². The molecule has 1 aromatic heterocycles. The molecule has 0 saturated heterocycles. The molecule has 5 heteroatoms. The van der Waals surface area contributed by atoms with Crippen molar-refractivity contribution >= 4 is 15.9 Å². The molecular formula is C10H18BrN3O. The first-order valence-electron chi connectivity index (χ1n) is 4.86. The lowest BCUT2D eigenvalue weighted by atomic mass is 10.1. The Bertz CT molecular complexity index is 341. The van der Waals surface area contributed by atoms with Crippen LogP contribution in [-0.4, -0.2) is 21.9 Å². The zero-order valence-corrected chi connectivity index (χ0v) is 11.3. The van der Waals surface area contributed by atoms with Crippen LogP contribution in [0.2, 0.25) is 0 Å². The van der Waals surface area contributed by atoms with Gasteiger partial charge in [0.05, 0.1) is 29.1 Å².